The molecule has 3 rings (SSSR count). The summed E-state index contributed by atoms with van der Waals surface area (Å²) < 4.78 is 10.8. The second-order valence-corrected chi connectivity index (χ2v) is 5.57. The van der Waals surface area contributed by atoms with Crippen molar-refractivity contribution in [2.45, 2.75) is 33.4 Å². The highest BCUT2D eigenvalue weighted by atomic mass is 16.5. The zero-order valence-corrected chi connectivity index (χ0v) is 13.9. The van der Waals surface area contributed by atoms with E-state index in [-0.39, 0.29) is 6.10 Å². The Labute approximate surface area is 140 Å². The Bertz CT molecular complexity index is 799. The zero-order chi connectivity index (χ0) is 16.9. The van der Waals surface area contributed by atoms with Crippen molar-refractivity contribution in [2.24, 2.45) is 0 Å². The number of hydrogen-bond donors (Lipinski definition) is 1. The van der Waals surface area contributed by atoms with E-state index in [4.69, 9.17) is 9.26 Å². The molecule has 0 amide bonds. The molecule has 0 aliphatic rings. The van der Waals surface area contributed by atoms with Crippen LogP contribution in [-0.4, -0.2) is 26.2 Å². The van der Waals surface area contributed by atoms with Gasteiger partial charge in [0, 0.05) is 25.0 Å². The summed E-state index contributed by atoms with van der Waals surface area (Å²) in [5.41, 5.74) is 1.79. The maximum absolute atomic E-state index is 5.54. The van der Waals surface area contributed by atoms with E-state index in [1.54, 1.807) is 19.3 Å². The third kappa shape index (κ3) is 3.87. The van der Waals surface area contributed by atoms with Crippen LogP contribution in [-0.2, 0) is 6.54 Å². The molecule has 0 atom stereocenters. The fourth-order valence-electron chi connectivity index (χ4n) is 2.14. The minimum Gasteiger partial charge on any atom is -0.475 e. The van der Waals surface area contributed by atoms with Crippen LogP contribution in [0.3, 0.4) is 0 Å². The van der Waals surface area contributed by atoms with Crippen LogP contribution in [0.1, 0.15) is 25.2 Å². The van der Waals surface area contributed by atoms with Crippen LogP contribution < -0.4 is 10.1 Å². The van der Waals surface area contributed by atoms with E-state index in [1.165, 1.54) is 0 Å². The Balaban J connectivity index is 1.71. The minimum absolute atomic E-state index is 0.107. The number of hydrogen-bond acceptors (Lipinski definition) is 7. The first-order valence-electron chi connectivity index (χ1n) is 7.73. The average Bonchev–Trinajstić information content (AvgIpc) is 3.00. The van der Waals surface area contributed by atoms with Crippen LogP contribution in [0, 0.1) is 6.92 Å². The lowest BCUT2D eigenvalue weighted by atomic mass is 10.2. The SMILES string of the molecule is Cc1noc(-c2cccnc2NCc2ccc(OC(C)C)nc2)n1. The second-order valence-electron chi connectivity index (χ2n) is 5.57. The maximum Gasteiger partial charge on any atom is 0.261 e. The van der Waals surface area contributed by atoms with Crippen LogP contribution in [0.25, 0.3) is 11.5 Å². The van der Waals surface area contributed by atoms with Crippen molar-refractivity contribution >= 4 is 5.82 Å². The van der Waals surface area contributed by atoms with Gasteiger partial charge in [0.05, 0.1) is 11.7 Å². The molecule has 0 aliphatic carbocycles. The molecule has 7 heteroatoms. The van der Waals surface area contributed by atoms with E-state index in [0.717, 1.165) is 11.1 Å². The number of aryl methyl sites for hydroxylation is 1. The predicted octanol–water partition coefficient (Wildman–Crippen LogP) is 3.23. The van der Waals surface area contributed by atoms with E-state index < -0.39 is 0 Å². The summed E-state index contributed by atoms with van der Waals surface area (Å²) in [6, 6.07) is 7.55. The smallest absolute Gasteiger partial charge is 0.261 e. The molecule has 0 saturated carbocycles. The summed E-state index contributed by atoms with van der Waals surface area (Å²) in [6.07, 6.45) is 3.60. The molecule has 124 valence electrons. The molecule has 3 heterocycles. The number of rotatable bonds is 6. The van der Waals surface area contributed by atoms with Crippen molar-refractivity contribution < 1.29 is 9.26 Å². The van der Waals surface area contributed by atoms with Crippen LogP contribution in [0.2, 0.25) is 0 Å². The van der Waals surface area contributed by atoms with Gasteiger partial charge in [0.2, 0.25) is 5.88 Å². The number of ether oxygens (including phenoxy) is 1. The van der Waals surface area contributed by atoms with E-state index in [1.807, 2.05) is 38.1 Å². The van der Waals surface area contributed by atoms with Crippen molar-refractivity contribution in [3.63, 3.8) is 0 Å². The molecule has 0 bridgehead atoms. The molecule has 0 aliphatic heterocycles. The predicted molar refractivity (Wildman–Crippen MR) is 89.6 cm³/mol. The lowest BCUT2D eigenvalue weighted by Crippen LogP contribution is -2.07. The van der Waals surface area contributed by atoms with Gasteiger partial charge in [-0.15, -0.1) is 0 Å². The van der Waals surface area contributed by atoms with Gasteiger partial charge in [0.15, 0.2) is 5.82 Å². The lowest BCUT2D eigenvalue weighted by Gasteiger charge is -2.10. The van der Waals surface area contributed by atoms with Crippen LogP contribution in [0.15, 0.2) is 41.2 Å². The molecule has 0 spiro atoms. The normalized spacial score (nSPS) is 10.8. The highest BCUT2D eigenvalue weighted by Crippen LogP contribution is 2.24. The first kappa shape index (κ1) is 15.9. The zero-order valence-electron chi connectivity index (χ0n) is 13.9. The molecule has 24 heavy (non-hydrogen) atoms. The molecule has 3 aromatic heterocycles. The van der Waals surface area contributed by atoms with Crippen molar-refractivity contribution in [3.8, 4) is 17.3 Å². The largest absolute Gasteiger partial charge is 0.475 e. The van der Waals surface area contributed by atoms with Crippen molar-refractivity contribution in [3.05, 3.63) is 48.0 Å². The van der Waals surface area contributed by atoms with Crippen molar-refractivity contribution in [2.75, 3.05) is 5.32 Å². The van der Waals surface area contributed by atoms with Gasteiger partial charge in [0.25, 0.3) is 5.89 Å². The number of pyridine rings is 2. The van der Waals surface area contributed by atoms with Crippen LogP contribution >= 0.6 is 0 Å². The third-order valence-corrected chi connectivity index (χ3v) is 3.18. The Hall–Kier alpha value is -2.96. The Kier molecular flexibility index (Phi) is 4.69. The van der Waals surface area contributed by atoms with Gasteiger partial charge in [0.1, 0.15) is 5.82 Å². The number of aromatic nitrogens is 4. The summed E-state index contributed by atoms with van der Waals surface area (Å²) in [4.78, 5) is 12.9. The molecule has 1 N–H and O–H groups in total. The maximum atomic E-state index is 5.54. The summed E-state index contributed by atoms with van der Waals surface area (Å²) in [6.45, 7) is 6.30. The van der Waals surface area contributed by atoms with E-state index in [9.17, 15) is 0 Å². The number of nitrogens with one attached hydrogen (secondary N) is 1. The first-order valence-corrected chi connectivity index (χ1v) is 7.73. The third-order valence-electron chi connectivity index (χ3n) is 3.18. The molecule has 0 saturated heterocycles. The molecular formula is C17H19N5O2. The Morgan fingerprint density at radius 3 is 2.75 bits per heavy atom. The summed E-state index contributed by atoms with van der Waals surface area (Å²) in [5.74, 6) is 2.34. The minimum atomic E-state index is 0.107. The van der Waals surface area contributed by atoms with Gasteiger partial charge < -0.3 is 14.6 Å². The monoisotopic (exact) mass is 325 g/mol. The van der Waals surface area contributed by atoms with Gasteiger partial charge in [-0.2, -0.15) is 4.98 Å². The quantitative estimate of drug-likeness (QED) is 0.744. The first-order chi connectivity index (χ1) is 11.6. The molecule has 0 radical (unpaired) electrons. The molecule has 7 nitrogen and oxygen atoms in total. The fourth-order valence-corrected chi connectivity index (χ4v) is 2.14. The molecule has 0 fully saturated rings. The number of anilines is 1. The number of nitrogens with zero attached hydrogens (tertiary/aromatic N) is 4. The van der Waals surface area contributed by atoms with E-state index >= 15 is 0 Å². The van der Waals surface area contributed by atoms with Gasteiger partial charge in [-0.25, -0.2) is 9.97 Å². The van der Waals surface area contributed by atoms with Gasteiger partial charge >= 0.3 is 0 Å². The molecule has 0 unspecified atom stereocenters. The highest BCUT2D eigenvalue weighted by Gasteiger charge is 2.12. The van der Waals surface area contributed by atoms with E-state index in [2.05, 4.69) is 25.4 Å². The van der Waals surface area contributed by atoms with Crippen LogP contribution in [0.4, 0.5) is 5.82 Å². The highest BCUT2D eigenvalue weighted by molar-refractivity contribution is 5.68. The second kappa shape index (κ2) is 7.08. The Morgan fingerprint density at radius 2 is 2.08 bits per heavy atom. The summed E-state index contributed by atoms with van der Waals surface area (Å²) in [5, 5.41) is 7.10. The topological polar surface area (TPSA) is 86.0 Å². The standard InChI is InChI=1S/C17H19N5O2/c1-11(2)23-15-7-6-13(9-19-15)10-20-16-14(5-4-8-18-16)17-21-12(3)22-24-17/h4-9,11H,10H2,1-3H3,(H,18,20). The van der Waals surface area contributed by atoms with Crippen molar-refractivity contribution in [1.29, 1.82) is 0 Å². The molecular weight excluding hydrogens is 306 g/mol. The average molecular weight is 325 g/mol. The molecule has 0 aromatic carbocycles. The van der Waals surface area contributed by atoms with Gasteiger partial charge in [-0.05, 0) is 38.5 Å². The van der Waals surface area contributed by atoms with Gasteiger partial charge in [-0.1, -0.05) is 11.2 Å². The summed E-state index contributed by atoms with van der Waals surface area (Å²) in [7, 11) is 0. The molecule has 3 aromatic rings. The van der Waals surface area contributed by atoms with E-state index in [0.29, 0.717) is 30.0 Å². The summed E-state index contributed by atoms with van der Waals surface area (Å²) >= 11 is 0. The van der Waals surface area contributed by atoms with Crippen LogP contribution in [0.5, 0.6) is 5.88 Å². The van der Waals surface area contributed by atoms with Gasteiger partial charge in [-0.3, -0.25) is 0 Å². The van der Waals surface area contributed by atoms with Crippen molar-refractivity contribution in [1.82, 2.24) is 20.1 Å². The Morgan fingerprint density at radius 1 is 1.21 bits per heavy atom. The fraction of sp³-hybridized carbons (Fsp3) is 0.294. The lowest BCUT2D eigenvalue weighted by molar-refractivity contribution is 0.232.